The topological polar surface area (TPSA) is 44.8 Å². The second-order valence-electron chi connectivity index (χ2n) is 2.99. The first kappa shape index (κ1) is 11.5. The molecule has 0 atom stereocenters. The lowest BCUT2D eigenvalue weighted by Crippen LogP contribution is -2.09. The lowest BCUT2D eigenvalue weighted by Gasteiger charge is -2.11. The minimum absolute atomic E-state index is 0.105. The van der Waals surface area contributed by atoms with Crippen LogP contribution in [0.15, 0.2) is 18.2 Å². The van der Waals surface area contributed by atoms with Gasteiger partial charge in [-0.3, -0.25) is 0 Å². The van der Waals surface area contributed by atoms with Gasteiger partial charge in [0.05, 0.1) is 7.11 Å². The van der Waals surface area contributed by atoms with E-state index in [0.717, 1.165) is 5.56 Å². The number of carbonyl (C=O) groups excluding carboxylic acids is 1. The van der Waals surface area contributed by atoms with Gasteiger partial charge < -0.3 is 14.2 Å². The van der Waals surface area contributed by atoms with Crippen molar-refractivity contribution >= 4 is 5.97 Å². The molecule has 4 heteroatoms. The Balaban J connectivity index is 3.03. The van der Waals surface area contributed by atoms with Crippen molar-refractivity contribution in [2.75, 3.05) is 21.0 Å². The first-order chi connectivity index (χ1) is 7.20. The van der Waals surface area contributed by atoms with E-state index in [-0.39, 0.29) is 6.79 Å². The van der Waals surface area contributed by atoms with Crippen molar-refractivity contribution in [2.24, 2.45) is 0 Å². The highest BCUT2D eigenvalue weighted by Crippen LogP contribution is 2.22. The Kier molecular flexibility index (Phi) is 4.12. The third-order valence-electron chi connectivity index (χ3n) is 1.96. The molecule has 0 bridgehead atoms. The average molecular weight is 210 g/mol. The number of aryl methyl sites for hydroxylation is 1. The number of carbonyl (C=O) groups is 1. The van der Waals surface area contributed by atoms with Crippen LogP contribution in [0.25, 0.3) is 0 Å². The van der Waals surface area contributed by atoms with Crippen molar-refractivity contribution in [1.82, 2.24) is 0 Å². The Morgan fingerprint density at radius 3 is 2.67 bits per heavy atom. The summed E-state index contributed by atoms with van der Waals surface area (Å²) in [4.78, 5) is 11.5. The zero-order valence-corrected chi connectivity index (χ0v) is 9.07. The molecule has 0 aromatic heterocycles. The molecule has 0 aliphatic heterocycles. The van der Waals surface area contributed by atoms with Crippen LogP contribution in [0.5, 0.6) is 5.75 Å². The molecule has 0 heterocycles. The van der Waals surface area contributed by atoms with Crippen molar-refractivity contribution < 1.29 is 19.0 Å². The summed E-state index contributed by atoms with van der Waals surface area (Å²) >= 11 is 0. The highest BCUT2D eigenvalue weighted by atomic mass is 16.7. The molecule has 1 aromatic rings. The summed E-state index contributed by atoms with van der Waals surface area (Å²) in [5.74, 6) is 0.0721. The lowest BCUT2D eigenvalue weighted by atomic mass is 10.1. The highest BCUT2D eigenvalue weighted by Gasteiger charge is 2.15. The molecule has 0 aliphatic rings. The number of methoxy groups -OCH3 is 2. The Labute approximate surface area is 88.8 Å². The predicted octanol–water partition coefficient (Wildman–Crippen LogP) is 1.76. The Morgan fingerprint density at radius 1 is 1.33 bits per heavy atom. The SMILES string of the molecule is COCOc1cccc(C)c1C(=O)OC. The second-order valence-corrected chi connectivity index (χ2v) is 2.99. The number of hydrogen-bond acceptors (Lipinski definition) is 4. The van der Waals surface area contributed by atoms with Crippen LogP contribution in [0.4, 0.5) is 0 Å². The van der Waals surface area contributed by atoms with Crippen LogP contribution >= 0.6 is 0 Å². The molecule has 0 amide bonds. The van der Waals surface area contributed by atoms with E-state index >= 15 is 0 Å². The molecule has 0 fully saturated rings. The Morgan fingerprint density at radius 2 is 2.07 bits per heavy atom. The predicted molar refractivity (Wildman–Crippen MR) is 55.0 cm³/mol. The van der Waals surface area contributed by atoms with Crippen molar-refractivity contribution in [2.45, 2.75) is 6.92 Å². The number of esters is 1. The number of benzene rings is 1. The van der Waals surface area contributed by atoms with Crippen LogP contribution < -0.4 is 4.74 Å². The van der Waals surface area contributed by atoms with Gasteiger partial charge >= 0.3 is 5.97 Å². The smallest absolute Gasteiger partial charge is 0.341 e. The summed E-state index contributed by atoms with van der Waals surface area (Å²) in [6, 6.07) is 5.34. The van der Waals surface area contributed by atoms with Gasteiger partial charge in [0, 0.05) is 7.11 Å². The summed E-state index contributed by atoms with van der Waals surface area (Å²) in [5, 5.41) is 0. The Bertz CT molecular complexity index is 346. The fraction of sp³-hybridized carbons (Fsp3) is 0.364. The molecule has 0 saturated carbocycles. The van der Waals surface area contributed by atoms with Crippen molar-refractivity contribution in [3.05, 3.63) is 29.3 Å². The van der Waals surface area contributed by atoms with E-state index in [2.05, 4.69) is 4.74 Å². The molecule has 4 nitrogen and oxygen atoms in total. The third kappa shape index (κ3) is 2.70. The number of rotatable bonds is 4. The van der Waals surface area contributed by atoms with Crippen molar-refractivity contribution in [3.63, 3.8) is 0 Å². The standard InChI is InChI=1S/C11H14O4/c1-8-5-4-6-9(15-7-13-2)10(8)11(12)14-3/h4-6H,7H2,1-3H3. The normalized spacial score (nSPS) is 9.80. The van der Waals surface area contributed by atoms with Gasteiger partial charge in [0.1, 0.15) is 11.3 Å². The summed E-state index contributed by atoms with van der Waals surface area (Å²) in [7, 11) is 2.86. The third-order valence-corrected chi connectivity index (χ3v) is 1.96. The first-order valence-electron chi connectivity index (χ1n) is 4.50. The summed E-state index contributed by atoms with van der Waals surface area (Å²) in [6.07, 6.45) is 0. The van der Waals surface area contributed by atoms with Gasteiger partial charge in [0.15, 0.2) is 6.79 Å². The molecule has 0 radical (unpaired) electrons. The van der Waals surface area contributed by atoms with Crippen LogP contribution in [0, 0.1) is 6.92 Å². The van der Waals surface area contributed by atoms with Crippen molar-refractivity contribution in [3.8, 4) is 5.75 Å². The van der Waals surface area contributed by atoms with Crippen LogP contribution in [-0.4, -0.2) is 27.0 Å². The lowest BCUT2D eigenvalue weighted by molar-refractivity contribution is 0.0464. The Hall–Kier alpha value is -1.55. The van der Waals surface area contributed by atoms with Gasteiger partial charge in [-0.15, -0.1) is 0 Å². The summed E-state index contributed by atoms with van der Waals surface area (Å²) in [5.41, 5.74) is 1.26. The quantitative estimate of drug-likeness (QED) is 0.561. The van der Waals surface area contributed by atoms with E-state index in [1.165, 1.54) is 14.2 Å². The highest BCUT2D eigenvalue weighted by molar-refractivity contribution is 5.94. The van der Waals surface area contributed by atoms with Crippen LogP contribution in [0.2, 0.25) is 0 Å². The van der Waals surface area contributed by atoms with Gasteiger partial charge in [0.2, 0.25) is 0 Å². The van der Waals surface area contributed by atoms with E-state index in [9.17, 15) is 4.79 Å². The molecule has 15 heavy (non-hydrogen) atoms. The molecule has 1 aromatic carbocycles. The molecule has 0 unspecified atom stereocenters. The molecule has 0 N–H and O–H groups in total. The van der Waals surface area contributed by atoms with Gasteiger partial charge in [-0.2, -0.15) is 0 Å². The summed E-state index contributed by atoms with van der Waals surface area (Å²) in [6.45, 7) is 1.93. The molecular weight excluding hydrogens is 196 g/mol. The maximum Gasteiger partial charge on any atom is 0.341 e. The zero-order chi connectivity index (χ0) is 11.3. The fourth-order valence-electron chi connectivity index (χ4n) is 1.25. The first-order valence-corrected chi connectivity index (χ1v) is 4.50. The molecule has 0 spiro atoms. The maximum absolute atomic E-state index is 11.5. The maximum atomic E-state index is 11.5. The summed E-state index contributed by atoms with van der Waals surface area (Å²) < 4.78 is 14.7. The van der Waals surface area contributed by atoms with Gasteiger partial charge in [-0.05, 0) is 18.6 Å². The number of hydrogen-bond donors (Lipinski definition) is 0. The van der Waals surface area contributed by atoms with Gasteiger partial charge in [-0.1, -0.05) is 12.1 Å². The van der Waals surface area contributed by atoms with E-state index in [1.54, 1.807) is 6.07 Å². The fourth-order valence-corrected chi connectivity index (χ4v) is 1.25. The van der Waals surface area contributed by atoms with E-state index < -0.39 is 5.97 Å². The minimum Gasteiger partial charge on any atom is -0.467 e. The van der Waals surface area contributed by atoms with Crippen LogP contribution in [-0.2, 0) is 9.47 Å². The van der Waals surface area contributed by atoms with Crippen molar-refractivity contribution in [1.29, 1.82) is 0 Å². The molecule has 1 rings (SSSR count). The second kappa shape index (κ2) is 5.36. The zero-order valence-electron chi connectivity index (χ0n) is 9.07. The largest absolute Gasteiger partial charge is 0.467 e. The molecular formula is C11H14O4. The average Bonchev–Trinajstić information content (AvgIpc) is 2.25. The molecule has 0 saturated heterocycles. The van der Waals surface area contributed by atoms with Gasteiger partial charge in [-0.25, -0.2) is 4.79 Å². The molecule has 82 valence electrons. The molecule has 0 aliphatic carbocycles. The minimum atomic E-state index is -0.404. The van der Waals surface area contributed by atoms with E-state index in [4.69, 9.17) is 9.47 Å². The van der Waals surface area contributed by atoms with Crippen LogP contribution in [0.1, 0.15) is 15.9 Å². The van der Waals surface area contributed by atoms with Gasteiger partial charge in [0.25, 0.3) is 0 Å². The van der Waals surface area contributed by atoms with Crippen LogP contribution in [0.3, 0.4) is 0 Å². The monoisotopic (exact) mass is 210 g/mol. The van der Waals surface area contributed by atoms with E-state index in [1.807, 2.05) is 19.1 Å². The number of ether oxygens (including phenoxy) is 3. The van der Waals surface area contributed by atoms with E-state index in [0.29, 0.717) is 11.3 Å².